The Kier molecular flexibility index (Phi) is 8.19. The van der Waals surface area contributed by atoms with Crippen molar-refractivity contribution < 1.29 is 9.53 Å². The maximum atomic E-state index is 11.7. The lowest BCUT2D eigenvalue weighted by Gasteiger charge is -2.35. The van der Waals surface area contributed by atoms with E-state index in [1.54, 1.807) is 0 Å². The molecule has 0 unspecified atom stereocenters. The highest BCUT2D eigenvalue weighted by Gasteiger charge is 2.24. The monoisotopic (exact) mass is 486 g/mol. The molecule has 2 aromatic rings. The molecule has 1 saturated heterocycles. The average Bonchev–Trinajstić information content (AvgIpc) is 2.81. The van der Waals surface area contributed by atoms with Crippen molar-refractivity contribution in [1.82, 2.24) is 19.9 Å². The third-order valence-electron chi connectivity index (χ3n) is 6.11. The number of pyridine rings is 1. The summed E-state index contributed by atoms with van der Waals surface area (Å²) in [4.78, 5) is 30.7. The number of amides is 1. The third-order valence-corrected chi connectivity index (χ3v) is 6.99. The summed E-state index contributed by atoms with van der Waals surface area (Å²) in [5.74, 6) is 1.61. The molecule has 2 fully saturated rings. The maximum Gasteiger partial charge on any atom is 0.240 e. The fraction of sp³-hybridized carbons (Fsp3) is 0.565. The standard InChI is InChI=1S/C23H34N8O2S/c1-15-11-21(29-23(27-15)28-20(32)13-24)34-18-12-19(33-17-5-3-16(25)4-6-17)22(26-14-18)31-9-7-30(2)8-10-31/h11-12,14,16-17H,3-10,13,24-25H2,1-2H3,(H,27,28,29,32). The van der Waals surface area contributed by atoms with Gasteiger partial charge in [0.05, 0.1) is 12.6 Å². The highest BCUT2D eigenvalue weighted by molar-refractivity contribution is 7.99. The van der Waals surface area contributed by atoms with Crippen LogP contribution in [0.5, 0.6) is 5.75 Å². The number of aryl methyl sites for hydroxylation is 1. The topological polar surface area (TPSA) is 136 Å². The number of nitrogens with two attached hydrogens (primary N) is 2. The third kappa shape index (κ3) is 6.56. The molecule has 0 spiro atoms. The van der Waals surface area contributed by atoms with Gasteiger partial charge < -0.3 is 26.0 Å². The molecular weight excluding hydrogens is 452 g/mol. The number of likely N-dealkylation sites (N-methyl/N-ethyl adjacent to an activating group) is 1. The van der Waals surface area contributed by atoms with Crippen LogP contribution in [0.4, 0.5) is 11.8 Å². The molecule has 1 saturated carbocycles. The second-order valence-corrected chi connectivity index (χ2v) is 10.1. The van der Waals surface area contributed by atoms with Crippen molar-refractivity contribution in [1.29, 1.82) is 0 Å². The van der Waals surface area contributed by atoms with E-state index in [2.05, 4.69) is 38.2 Å². The normalized spacial score (nSPS) is 21.4. The molecule has 10 nitrogen and oxygen atoms in total. The Morgan fingerprint density at radius 2 is 1.91 bits per heavy atom. The van der Waals surface area contributed by atoms with E-state index < -0.39 is 0 Å². The van der Waals surface area contributed by atoms with Crippen LogP contribution >= 0.6 is 11.8 Å². The van der Waals surface area contributed by atoms with Crippen LogP contribution in [0.3, 0.4) is 0 Å². The molecular formula is C23H34N8O2S. The van der Waals surface area contributed by atoms with Crippen molar-refractivity contribution in [2.75, 3.05) is 50.0 Å². The van der Waals surface area contributed by atoms with Crippen LogP contribution in [-0.4, -0.2) is 77.7 Å². The number of nitrogens with one attached hydrogen (secondary N) is 1. The lowest BCUT2D eigenvalue weighted by Crippen LogP contribution is -2.45. The van der Waals surface area contributed by atoms with Crippen LogP contribution in [0.2, 0.25) is 0 Å². The van der Waals surface area contributed by atoms with Gasteiger partial charge in [-0.25, -0.2) is 15.0 Å². The van der Waals surface area contributed by atoms with Crippen molar-refractivity contribution in [3.8, 4) is 5.75 Å². The number of anilines is 2. The van der Waals surface area contributed by atoms with E-state index in [1.807, 2.05) is 19.2 Å². The van der Waals surface area contributed by atoms with Gasteiger partial charge in [-0.05, 0) is 51.8 Å². The lowest BCUT2D eigenvalue weighted by molar-refractivity contribution is -0.114. The number of hydrogen-bond acceptors (Lipinski definition) is 10. The molecule has 5 N–H and O–H groups in total. The van der Waals surface area contributed by atoms with Crippen molar-refractivity contribution in [3.05, 3.63) is 24.0 Å². The Morgan fingerprint density at radius 3 is 2.62 bits per heavy atom. The van der Waals surface area contributed by atoms with E-state index in [9.17, 15) is 4.79 Å². The van der Waals surface area contributed by atoms with Crippen LogP contribution in [0.15, 0.2) is 28.3 Å². The molecule has 2 aromatic heterocycles. The van der Waals surface area contributed by atoms with Crippen LogP contribution < -0.4 is 26.4 Å². The first-order chi connectivity index (χ1) is 16.4. The number of carbonyl (C=O) groups excluding carboxylic acids is 1. The van der Waals surface area contributed by atoms with Crippen molar-refractivity contribution >= 4 is 29.4 Å². The van der Waals surface area contributed by atoms with Gasteiger partial charge in [0.2, 0.25) is 11.9 Å². The zero-order valence-electron chi connectivity index (χ0n) is 19.9. The zero-order chi connectivity index (χ0) is 24.1. The van der Waals surface area contributed by atoms with Gasteiger partial charge in [0, 0.05) is 49.0 Å². The van der Waals surface area contributed by atoms with Crippen LogP contribution in [0, 0.1) is 6.92 Å². The minimum absolute atomic E-state index is 0.121. The largest absolute Gasteiger partial charge is 0.487 e. The van der Waals surface area contributed by atoms with E-state index in [0.717, 1.165) is 74.0 Å². The molecule has 184 valence electrons. The highest BCUT2D eigenvalue weighted by atomic mass is 32.2. The molecule has 1 aliphatic heterocycles. The summed E-state index contributed by atoms with van der Waals surface area (Å²) in [6.45, 7) is 5.56. The fourth-order valence-corrected chi connectivity index (χ4v) is 5.02. The average molecular weight is 487 g/mol. The molecule has 0 atom stereocenters. The number of nitrogens with zero attached hydrogens (tertiary/aromatic N) is 5. The maximum absolute atomic E-state index is 11.7. The predicted octanol–water partition coefficient (Wildman–Crippen LogP) is 1.63. The molecule has 0 aromatic carbocycles. The van der Waals surface area contributed by atoms with Gasteiger partial charge in [-0.2, -0.15) is 0 Å². The van der Waals surface area contributed by atoms with Crippen molar-refractivity contribution in [2.45, 2.75) is 54.7 Å². The molecule has 0 radical (unpaired) electrons. The Labute approximate surface area is 204 Å². The summed E-state index contributed by atoms with van der Waals surface area (Å²) in [6.07, 6.45) is 5.87. The number of piperazine rings is 1. The van der Waals surface area contributed by atoms with E-state index in [-0.39, 0.29) is 30.5 Å². The van der Waals surface area contributed by atoms with Crippen molar-refractivity contribution in [3.63, 3.8) is 0 Å². The van der Waals surface area contributed by atoms with Gasteiger partial charge in [0.1, 0.15) is 5.03 Å². The molecule has 11 heteroatoms. The smallest absolute Gasteiger partial charge is 0.240 e. The number of rotatable bonds is 7. The summed E-state index contributed by atoms with van der Waals surface area (Å²) >= 11 is 1.46. The fourth-order valence-electron chi connectivity index (χ4n) is 4.15. The Balaban J connectivity index is 1.56. The molecule has 1 aliphatic carbocycles. The van der Waals surface area contributed by atoms with E-state index in [4.69, 9.17) is 21.2 Å². The quantitative estimate of drug-likeness (QED) is 0.495. The summed E-state index contributed by atoms with van der Waals surface area (Å²) in [5.41, 5.74) is 12.2. The summed E-state index contributed by atoms with van der Waals surface area (Å²) in [7, 11) is 2.14. The number of aromatic nitrogens is 3. The van der Waals surface area contributed by atoms with Crippen LogP contribution in [-0.2, 0) is 4.79 Å². The highest BCUT2D eigenvalue weighted by Crippen LogP contribution is 2.36. The number of ether oxygens (including phenoxy) is 1. The SMILES string of the molecule is Cc1cc(Sc2cnc(N3CCN(C)CC3)c(OC3CCC(N)CC3)c2)nc(NC(=O)CN)n1. The van der Waals surface area contributed by atoms with Crippen LogP contribution in [0.1, 0.15) is 31.4 Å². The second kappa shape index (κ2) is 11.3. The molecule has 1 amide bonds. The summed E-state index contributed by atoms with van der Waals surface area (Å²) in [5, 5.41) is 3.33. The van der Waals surface area contributed by atoms with E-state index in [1.165, 1.54) is 11.8 Å². The minimum Gasteiger partial charge on any atom is -0.487 e. The Hall–Kier alpha value is -2.47. The number of hydrogen-bond donors (Lipinski definition) is 3. The van der Waals surface area contributed by atoms with Crippen LogP contribution in [0.25, 0.3) is 0 Å². The predicted molar refractivity (Wildman–Crippen MR) is 133 cm³/mol. The Morgan fingerprint density at radius 1 is 1.18 bits per heavy atom. The Bertz CT molecular complexity index is 991. The summed E-state index contributed by atoms with van der Waals surface area (Å²) < 4.78 is 6.52. The molecule has 34 heavy (non-hydrogen) atoms. The second-order valence-electron chi connectivity index (χ2n) is 8.96. The van der Waals surface area contributed by atoms with E-state index in [0.29, 0.717) is 5.03 Å². The van der Waals surface area contributed by atoms with Gasteiger partial charge in [-0.3, -0.25) is 10.1 Å². The van der Waals surface area contributed by atoms with Gasteiger partial charge in [0.15, 0.2) is 11.6 Å². The van der Waals surface area contributed by atoms with Crippen molar-refractivity contribution in [2.24, 2.45) is 11.5 Å². The van der Waals surface area contributed by atoms with Gasteiger partial charge in [0.25, 0.3) is 0 Å². The summed E-state index contributed by atoms with van der Waals surface area (Å²) in [6, 6.07) is 4.20. The first-order valence-corrected chi connectivity index (χ1v) is 12.6. The molecule has 4 rings (SSSR count). The molecule has 2 aliphatic rings. The molecule has 3 heterocycles. The van der Waals surface area contributed by atoms with Gasteiger partial charge >= 0.3 is 0 Å². The zero-order valence-corrected chi connectivity index (χ0v) is 20.7. The first kappa shape index (κ1) is 24.6. The number of carbonyl (C=O) groups is 1. The van der Waals surface area contributed by atoms with E-state index >= 15 is 0 Å². The lowest BCUT2D eigenvalue weighted by atomic mass is 9.94. The van der Waals surface area contributed by atoms with Gasteiger partial charge in [-0.1, -0.05) is 11.8 Å². The molecule has 0 bridgehead atoms. The van der Waals surface area contributed by atoms with Gasteiger partial charge in [-0.15, -0.1) is 0 Å². The first-order valence-electron chi connectivity index (χ1n) is 11.8. The minimum atomic E-state index is -0.331.